The Morgan fingerprint density at radius 3 is 1.36 bits per heavy atom. The fourth-order valence-corrected chi connectivity index (χ4v) is 8.90. The lowest BCUT2D eigenvalue weighted by Gasteiger charge is -2.36. The Kier molecular flexibility index (Phi) is 16.9. The van der Waals surface area contributed by atoms with Gasteiger partial charge in [0, 0.05) is 92.7 Å². The number of piperidine rings is 1. The molecule has 0 bridgehead atoms. The molecule has 73 heavy (non-hydrogen) atoms. The largest absolute Gasteiger partial charge is 0.393 e. The fraction of sp³-hybridized carbons (Fsp3) is 0.373. The minimum atomic E-state index is -1.42. The number of amides is 1. The third-order valence-corrected chi connectivity index (χ3v) is 12.4. The maximum Gasteiger partial charge on any atom is 0.258 e. The number of halogens is 3. The van der Waals surface area contributed by atoms with Crippen LogP contribution in [0.3, 0.4) is 0 Å². The quantitative estimate of drug-likeness (QED) is 0.198. The van der Waals surface area contributed by atoms with Gasteiger partial charge in [-0.3, -0.25) is 32.9 Å². The molecule has 0 spiro atoms. The first-order valence-electron chi connectivity index (χ1n) is 23.6. The second-order valence-corrected chi connectivity index (χ2v) is 17.7. The Balaban J connectivity index is 0.000000162. The van der Waals surface area contributed by atoms with Crippen molar-refractivity contribution in [3.63, 3.8) is 0 Å². The van der Waals surface area contributed by atoms with Gasteiger partial charge < -0.3 is 39.8 Å². The molecule has 3 aliphatic heterocycles. The van der Waals surface area contributed by atoms with Crippen molar-refractivity contribution in [2.75, 3.05) is 73.7 Å². The van der Waals surface area contributed by atoms with E-state index in [4.69, 9.17) is 9.94 Å². The van der Waals surface area contributed by atoms with Crippen LogP contribution in [-0.2, 0) is 9.63 Å². The van der Waals surface area contributed by atoms with E-state index in [2.05, 4.69) is 20.1 Å². The van der Waals surface area contributed by atoms with Crippen LogP contribution in [0.2, 0.25) is 0 Å². The number of aromatic nitrogens is 6. The van der Waals surface area contributed by atoms with Gasteiger partial charge in [0.15, 0.2) is 6.10 Å². The van der Waals surface area contributed by atoms with Crippen LogP contribution < -0.4 is 31.4 Å². The summed E-state index contributed by atoms with van der Waals surface area (Å²) in [5, 5.41) is 31.6. The van der Waals surface area contributed by atoms with Crippen molar-refractivity contribution in [3.8, 4) is 17.1 Å². The van der Waals surface area contributed by atoms with Gasteiger partial charge in [0.2, 0.25) is 0 Å². The molecule has 6 heterocycles. The van der Waals surface area contributed by atoms with Crippen LogP contribution in [0, 0.1) is 59.0 Å². The number of nitrogens with zero attached hydrogens (tertiary/aromatic N) is 11. The Morgan fingerprint density at radius 2 is 1.00 bits per heavy atom. The molecule has 3 aliphatic rings. The van der Waals surface area contributed by atoms with E-state index in [-0.39, 0.29) is 28.6 Å². The van der Waals surface area contributed by atoms with Crippen molar-refractivity contribution in [2.45, 2.75) is 66.6 Å². The lowest BCUT2D eigenvalue weighted by Crippen LogP contribution is -2.52. The van der Waals surface area contributed by atoms with Crippen molar-refractivity contribution >= 4 is 29.3 Å². The maximum atomic E-state index is 14.8. The van der Waals surface area contributed by atoms with E-state index in [0.29, 0.717) is 134 Å². The molecule has 6 aromatic rings. The van der Waals surface area contributed by atoms with E-state index in [0.717, 1.165) is 0 Å². The number of benzene rings is 3. The minimum absolute atomic E-state index is 0.219. The Labute approximate surface area is 418 Å². The highest BCUT2D eigenvalue weighted by atomic mass is 19.1. The number of aryl methyl sites for hydroxylation is 6. The lowest BCUT2D eigenvalue weighted by atomic mass is 10.1. The van der Waals surface area contributed by atoms with Crippen molar-refractivity contribution in [2.24, 2.45) is 5.16 Å². The molecule has 1 atom stereocenters. The molecule has 2 fully saturated rings. The molecule has 0 saturated carbocycles. The second kappa shape index (κ2) is 23.2. The summed E-state index contributed by atoms with van der Waals surface area (Å²) in [6.07, 6.45) is 0.996. The van der Waals surface area contributed by atoms with Crippen molar-refractivity contribution in [1.29, 1.82) is 0 Å². The SMILES string of the molecule is Cc1cc(=O)n(-c2ccc(N3C=NOCC3)c(F)c2)c(C)n1.Cc1cc(=O)n(-c2ccc(N3CCC(O)CC3)c(F)c2)c(C)n1.Cc1cc(=O)n(-c2ccc(N3CCN(C(=O)C(O)CO)CC3)c(F)c2)c(C)n1. The van der Waals surface area contributed by atoms with Gasteiger partial charge in [-0.05, 0) is 90.8 Å². The number of carbonyl (C=O) groups excluding carboxylic acids is 1. The molecule has 3 aromatic heterocycles. The molecule has 19 nitrogen and oxygen atoms in total. The van der Waals surface area contributed by atoms with E-state index < -0.39 is 30.3 Å². The normalized spacial score (nSPS) is 15.2. The zero-order valence-electron chi connectivity index (χ0n) is 41.4. The summed E-state index contributed by atoms with van der Waals surface area (Å²) in [6, 6.07) is 18.2. The minimum Gasteiger partial charge on any atom is -0.393 e. The van der Waals surface area contributed by atoms with Gasteiger partial charge in [-0.2, -0.15) is 0 Å². The van der Waals surface area contributed by atoms with Crippen LogP contribution in [0.4, 0.5) is 30.2 Å². The number of piperazine rings is 1. The lowest BCUT2D eigenvalue weighted by molar-refractivity contribution is -0.142. The molecule has 2 saturated heterocycles. The third kappa shape index (κ3) is 12.5. The highest BCUT2D eigenvalue weighted by Crippen LogP contribution is 2.27. The van der Waals surface area contributed by atoms with Gasteiger partial charge in [-0.15, -0.1) is 0 Å². The number of hydrogen-bond acceptors (Lipinski definition) is 15. The van der Waals surface area contributed by atoms with E-state index in [1.807, 2.05) is 4.90 Å². The summed E-state index contributed by atoms with van der Waals surface area (Å²) in [7, 11) is 0. The monoisotopic (exact) mass is 1010 g/mol. The summed E-state index contributed by atoms with van der Waals surface area (Å²) in [4.78, 5) is 72.9. The molecule has 3 aromatic carbocycles. The topological polar surface area (TPSA) is 217 Å². The van der Waals surface area contributed by atoms with Crippen LogP contribution >= 0.6 is 0 Å². The van der Waals surface area contributed by atoms with Crippen LogP contribution in [-0.4, -0.2) is 132 Å². The van der Waals surface area contributed by atoms with Gasteiger partial charge in [-0.1, -0.05) is 5.16 Å². The molecule has 386 valence electrons. The summed E-state index contributed by atoms with van der Waals surface area (Å²) >= 11 is 0. The number of hydrogen-bond donors (Lipinski definition) is 3. The average Bonchev–Trinajstić information content (AvgIpc) is 3.34. The van der Waals surface area contributed by atoms with E-state index in [1.165, 1.54) is 61.3 Å². The Morgan fingerprint density at radius 1 is 0.603 bits per heavy atom. The predicted molar refractivity (Wildman–Crippen MR) is 269 cm³/mol. The van der Waals surface area contributed by atoms with Gasteiger partial charge in [0.1, 0.15) is 47.9 Å². The number of rotatable bonds is 8. The Hall–Kier alpha value is -7.69. The van der Waals surface area contributed by atoms with Crippen LogP contribution in [0.25, 0.3) is 17.1 Å². The standard InChI is InChI=1S/C19H23FN4O4.C17H20FN3O2.C15H15FN4O2/c1-12-9-18(27)24(13(2)21-12)14-3-4-16(15(20)10-14)22-5-7-23(8-6-22)19(28)17(26)11-25;1-11-9-17(23)21(12(2)19-11)13-3-4-16(15(18)10-13)20-7-5-14(22)6-8-20;1-10-7-15(21)20(11(2)18-10)12-3-4-14(13(16)8-12)19-5-6-22-17-9-19/h3-4,9-10,17,25-26H,5-8,11H2,1-2H3;3-4,9-10,14,22H,5-8H2,1-2H3;3-4,7-9H,5-6H2,1-2H3. The highest BCUT2D eigenvalue weighted by Gasteiger charge is 2.27. The smallest absolute Gasteiger partial charge is 0.258 e. The van der Waals surface area contributed by atoms with Crippen LogP contribution in [0.15, 0.2) is 92.3 Å². The maximum absolute atomic E-state index is 14.8. The molecule has 0 aliphatic carbocycles. The Bertz CT molecular complexity index is 3190. The number of anilines is 3. The van der Waals surface area contributed by atoms with Crippen LogP contribution in [0.5, 0.6) is 0 Å². The summed E-state index contributed by atoms with van der Waals surface area (Å²) in [5.74, 6) is -0.275. The predicted octanol–water partition coefficient (Wildman–Crippen LogP) is 3.71. The van der Waals surface area contributed by atoms with Crippen LogP contribution in [0.1, 0.15) is 47.4 Å². The molecule has 1 amide bonds. The molecule has 3 N–H and O–H groups in total. The molecule has 1 unspecified atom stereocenters. The van der Waals surface area contributed by atoms with E-state index in [9.17, 15) is 42.6 Å². The molecular formula is C51H58F3N11O8. The average molecular weight is 1010 g/mol. The molecular weight excluding hydrogens is 952 g/mol. The van der Waals surface area contributed by atoms with Gasteiger partial charge in [0.25, 0.3) is 22.6 Å². The van der Waals surface area contributed by atoms with E-state index >= 15 is 0 Å². The second-order valence-electron chi connectivity index (χ2n) is 17.7. The first-order valence-corrected chi connectivity index (χ1v) is 23.6. The van der Waals surface area contributed by atoms with Crippen molar-refractivity contribution < 1.29 is 38.1 Å². The highest BCUT2D eigenvalue weighted by molar-refractivity contribution is 5.81. The molecule has 9 rings (SSSR count). The van der Waals surface area contributed by atoms with Gasteiger partial charge in [-0.25, -0.2) is 28.1 Å². The number of oxime groups is 1. The van der Waals surface area contributed by atoms with E-state index in [1.54, 1.807) is 87.7 Å². The first kappa shape index (κ1) is 53.1. The summed E-state index contributed by atoms with van der Waals surface area (Å²) in [5.41, 5.74) is 3.76. The van der Waals surface area contributed by atoms with Crippen molar-refractivity contribution in [3.05, 3.63) is 156 Å². The van der Waals surface area contributed by atoms with Gasteiger partial charge in [0.05, 0.1) is 53.4 Å². The zero-order chi connectivity index (χ0) is 52.7. The number of carbonyl (C=O) groups is 1. The fourth-order valence-electron chi connectivity index (χ4n) is 8.90. The molecule has 0 radical (unpaired) electrons. The number of aliphatic hydroxyl groups excluding tert-OH is 3. The third-order valence-electron chi connectivity index (χ3n) is 12.4. The first-order chi connectivity index (χ1) is 34.8. The molecule has 22 heteroatoms. The summed E-state index contributed by atoms with van der Waals surface area (Å²) < 4.78 is 47.8. The zero-order valence-corrected chi connectivity index (χ0v) is 41.4. The number of aliphatic hydroxyl groups is 3. The summed E-state index contributed by atoms with van der Waals surface area (Å²) in [6.45, 7) is 13.3. The van der Waals surface area contributed by atoms with Gasteiger partial charge >= 0.3 is 0 Å². The van der Waals surface area contributed by atoms with Crippen molar-refractivity contribution in [1.82, 2.24) is 33.6 Å².